The third-order valence-electron chi connectivity index (χ3n) is 5.13. The Balaban J connectivity index is 1.73. The Hall–Kier alpha value is -2.33. The van der Waals surface area contributed by atoms with Gasteiger partial charge in [-0.25, -0.2) is 0 Å². The summed E-state index contributed by atoms with van der Waals surface area (Å²) in [5.41, 5.74) is 5.01. The molecule has 0 fully saturated rings. The van der Waals surface area contributed by atoms with Gasteiger partial charge in [0.05, 0.1) is 12.5 Å². The minimum absolute atomic E-state index is 0.0397. The predicted octanol–water partition coefficient (Wildman–Crippen LogP) is 5.43. The molecule has 1 N–H and O–H groups in total. The number of rotatable bonds is 8. The third kappa shape index (κ3) is 4.51. The molecule has 2 aromatic carbocycles. The summed E-state index contributed by atoms with van der Waals surface area (Å²) in [6.07, 6.45) is 1.65. The van der Waals surface area contributed by atoms with Crippen molar-refractivity contribution >= 4 is 5.97 Å². The second kappa shape index (κ2) is 8.57. The molecule has 3 rings (SSSR count). The number of carboxylic acid groups (broad SMARTS) is 1. The van der Waals surface area contributed by atoms with E-state index in [9.17, 15) is 4.79 Å². The zero-order valence-corrected chi connectivity index (χ0v) is 16.3. The van der Waals surface area contributed by atoms with Crippen LogP contribution in [0.15, 0.2) is 42.5 Å². The van der Waals surface area contributed by atoms with Gasteiger partial charge in [-0.1, -0.05) is 44.2 Å². The lowest BCUT2D eigenvalue weighted by Gasteiger charge is -2.18. The van der Waals surface area contributed by atoms with Crippen LogP contribution in [0.4, 0.5) is 0 Å². The van der Waals surface area contributed by atoms with Crippen molar-refractivity contribution in [2.75, 3.05) is 6.61 Å². The molecule has 144 valence electrons. The molecule has 0 aliphatic heterocycles. The van der Waals surface area contributed by atoms with Gasteiger partial charge in [-0.15, -0.1) is 0 Å². The van der Waals surface area contributed by atoms with Gasteiger partial charge in [-0.2, -0.15) is 0 Å². The molecule has 0 aromatic heterocycles. The Labute approximate surface area is 161 Å². The van der Waals surface area contributed by atoms with Crippen LogP contribution < -0.4 is 4.74 Å². The fraction of sp³-hybridized carbons (Fsp3) is 0.435. The number of hydrogen-bond donors (Lipinski definition) is 1. The van der Waals surface area contributed by atoms with E-state index < -0.39 is 12.1 Å². The van der Waals surface area contributed by atoms with Crippen molar-refractivity contribution < 1.29 is 19.4 Å². The van der Waals surface area contributed by atoms with Crippen molar-refractivity contribution in [3.63, 3.8) is 0 Å². The molecule has 0 saturated carbocycles. The Morgan fingerprint density at radius 2 is 1.93 bits per heavy atom. The van der Waals surface area contributed by atoms with Crippen LogP contribution in [0.3, 0.4) is 0 Å². The average Bonchev–Trinajstić information content (AvgIpc) is 3.04. The number of carbonyl (C=O) groups is 1. The van der Waals surface area contributed by atoms with Crippen LogP contribution in [0.2, 0.25) is 0 Å². The van der Waals surface area contributed by atoms with Crippen LogP contribution in [-0.2, 0) is 16.0 Å². The molecule has 0 spiro atoms. The summed E-state index contributed by atoms with van der Waals surface area (Å²) in [4.78, 5) is 11.0. The SMILES string of the molecule is CCO[C@@H](CC(=O)O)c1ccc(O[C@@H]2CCc3c(C(C)C)cccc32)cc1. The highest BCUT2D eigenvalue weighted by Gasteiger charge is 2.26. The summed E-state index contributed by atoms with van der Waals surface area (Å²) < 4.78 is 11.8. The first-order valence-electron chi connectivity index (χ1n) is 9.71. The van der Waals surface area contributed by atoms with E-state index in [0.29, 0.717) is 12.5 Å². The van der Waals surface area contributed by atoms with Crippen molar-refractivity contribution in [1.29, 1.82) is 0 Å². The third-order valence-corrected chi connectivity index (χ3v) is 5.13. The van der Waals surface area contributed by atoms with E-state index in [1.54, 1.807) is 0 Å². The maximum atomic E-state index is 11.0. The number of aliphatic carboxylic acids is 1. The number of fused-ring (bicyclic) bond motifs is 1. The lowest BCUT2D eigenvalue weighted by atomic mass is 9.94. The summed E-state index contributed by atoms with van der Waals surface area (Å²) in [6, 6.07) is 14.1. The van der Waals surface area contributed by atoms with E-state index in [2.05, 4.69) is 32.0 Å². The van der Waals surface area contributed by atoms with Gasteiger partial charge in [0.25, 0.3) is 0 Å². The molecule has 0 radical (unpaired) electrons. The van der Waals surface area contributed by atoms with Crippen molar-refractivity contribution in [1.82, 2.24) is 0 Å². The second-order valence-electron chi connectivity index (χ2n) is 7.33. The van der Waals surface area contributed by atoms with E-state index in [4.69, 9.17) is 14.6 Å². The van der Waals surface area contributed by atoms with Crippen molar-refractivity contribution in [3.05, 3.63) is 64.7 Å². The number of carboxylic acids is 1. The van der Waals surface area contributed by atoms with Crippen LogP contribution in [0.5, 0.6) is 5.75 Å². The minimum atomic E-state index is -0.864. The van der Waals surface area contributed by atoms with E-state index in [1.165, 1.54) is 16.7 Å². The van der Waals surface area contributed by atoms with Gasteiger partial charge in [0.1, 0.15) is 11.9 Å². The standard InChI is InChI=1S/C23H28O4/c1-4-26-22(14-23(24)25)16-8-10-17(11-9-16)27-21-13-12-19-18(15(2)3)6-5-7-20(19)21/h5-11,15,21-22H,4,12-14H2,1-3H3,(H,24,25)/t21-,22+/m1/s1. The number of benzene rings is 2. The molecule has 2 aromatic rings. The Morgan fingerprint density at radius 3 is 2.56 bits per heavy atom. The van der Waals surface area contributed by atoms with E-state index in [0.717, 1.165) is 24.2 Å². The lowest BCUT2D eigenvalue weighted by molar-refractivity contribution is -0.140. The Kier molecular flexibility index (Phi) is 6.17. The first-order valence-corrected chi connectivity index (χ1v) is 9.71. The molecule has 27 heavy (non-hydrogen) atoms. The molecular formula is C23H28O4. The van der Waals surface area contributed by atoms with Gasteiger partial charge in [0, 0.05) is 6.61 Å². The summed E-state index contributed by atoms with van der Waals surface area (Å²) in [5, 5.41) is 9.07. The van der Waals surface area contributed by atoms with Crippen LogP contribution in [0.25, 0.3) is 0 Å². The monoisotopic (exact) mass is 368 g/mol. The highest BCUT2D eigenvalue weighted by molar-refractivity contribution is 5.67. The van der Waals surface area contributed by atoms with E-state index in [1.807, 2.05) is 31.2 Å². The summed E-state index contributed by atoms with van der Waals surface area (Å²) >= 11 is 0. The van der Waals surface area contributed by atoms with Gasteiger partial charge in [0.2, 0.25) is 0 Å². The largest absolute Gasteiger partial charge is 0.486 e. The lowest BCUT2D eigenvalue weighted by Crippen LogP contribution is -2.10. The summed E-state index contributed by atoms with van der Waals surface area (Å²) in [6.45, 7) is 6.81. The van der Waals surface area contributed by atoms with Crippen molar-refractivity contribution in [2.24, 2.45) is 0 Å². The molecule has 4 nitrogen and oxygen atoms in total. The maximum absolute atomic E-state index is 11.0. The molecule has 1 aliphatic rings. The molecule has 0 heterocycles. The average molecular weight is 368 g/mol. The molecule has 0 amide bonds. The molecule has 0 saturated heterocycles. The number of hydrogen-bond acceptors (Lipinski definition) is 3. The quantitative estimate of drug-likeness (QED) is 0.675. The zero-order valence-electron chi connectivity index (χ0n) is 16.3. The van der Waals surface area contributed by atoms with Crippen molar-refractivity contribution in [3.8, 4) is 5.75 Å². The van der Waals surface area contributed by atoms with E-state index >= 15 is 0 Å². The summed E-state index contributed by atoms with van der Waals surface area (Å²) in [5.74, 6) is 0.456. The molecule has 0 unspecified atom stereocenters. The Bertz CT molecular complexity index is 779. The Morgan fingerprint density at radius 1 is 1.19 bits per heavy atom. The molecular weight excluding hydrogens is 340 g/mol. The van der Waals surface area contributed by atoms with Crippen LogP contribution in [0.1, 0.15) is 74.0 Å². The van der Waals surface area contributed by atoms with Crippen LogP contribution in [-0.4, -0.2) is 17.7 Å². The van der Waals surface area contributed by atoms with E-state index in [-0.39, 0.29) is 12.5 Å². The first kappa shape index (κ1) is 19.4. The number of ether oxygens (including phenoxy) is 2. The molecule has 2 atom stereocenters. The first-order chi connectivity index (χ1) is 13.0. The normalized spacial score (nSPS) is 17.0. The molecule has 1 aliphatic carbocycles. The van der Waals surface area contributed by atoms with Gasteiger partial charge >= 0.3 is 5.97 Å². The smallest absolute Gasteiger partial charge is 0.306 e. The second-order valence-corrected chi connectivity index (χ2v) is 7.33. The molecule has 4 heteroatoms. The zero-order chi connectivity index (χ0) is 19.4. The van der Waals surface area contributed by atoms with Crippen LogP contribution in [0, 0.1) is 0 Å². The van der Waals surface area contributed by atoms with Crippen molar-refractivity contribution in [2.45, 2.75) is 58.2 Å². The van der Waals surface area contributed by atoms with Gasteiger partial charge < -0.3 is 14.6 Å². The fourth-order valence-corrected chi connectivity index (χ4v) is 3.87. The fourth-order valence-electron chi connectivity index (χ4n) is 3.87. The van der Waals surface area contributed by atoms with Gasteiger partial charge in [0.15, 0.2) is 0 Å². The maximum Gasteiger partial charge on any atom is 0.306 e. The summed E-state index contributed by atoms with van der Waals surface area (Å²) in [7, 11) is 0. The topological polar surface area (TPSA) is 55.8 Å². The predicted molar refractivity (Wildman–Crippen MR) is 105 cm³/mol. The van der Waals surface area contributed by atoms with Crippen LogP contribution >= 0.6 is 0 Å². The van der Waals surface area contributed by atoms with Gasteiger partial charge in [-0.3, -0.25) is 4.79 Å². The minimum Gasteiger partial charge on any atom is -0.486 e. The molecule has 0 bridgehead atoms. The highest BCUT2D eigenvalue weighted by Crippen LogP contribution is 2.39. The highest BCUT2D eigenvalue weighted by atomic mass is 16.5. The van der Waals surface area contributed by atoms with Gasteiger partial charge in [-0.05, 0) is 60.1 Å².